The number of rotatable bonds is 3. The van der Waals surface area contributed by atoms with Gasteiger partial charge in [0.15, 0.2) is 6.10 Å². The van der Waals surface area contributed by atoms with Crippen molar-refractivity contribution in [3.63, 3.8) is 0 Å². The van der Waals surface area contributed by atoms with Gasteiger partial charge in [0.05, 0.1) is 22.5 Å². The predicted molar refractivity (Wildman–Crippen MR) is 93.7 cm³/mol. The number of fused-ring (bicyclic) bond motifs is 1. The summed E-state index contributed by atoms with van der Waals surface area (Å²) in [4.78, 5) is 37.6. The topological polar surface area (TPSA) is 75.7 Å². The van der Waals surface area contributed by atoms with Gasteiger partial charge in [-0.25, -0.2) is 9.18 Å². The average molecular weight is 410 g/mol. The molecule has 1 aliphatic rings. The Bertz CT molecular complexity index is 990. The lowest BCUT2D eigenvalue weighted by Crippen LogP contribution is -2.47. The Hall–Kier alpha value is -3.43. The molecular weight excluding hydrogens is 396 g/mol. The van der Waals surface area contributed by atoms with Crippen LogP contribution >= 0.6 is 0 Å². The second kappa shape index (κ2) is 7.53. The zero-order chi connectivity index (χ0) is 21.3. The Balaban J connectivity index is 1.83. The first kappa shape index (κ1) is 20.3. The highest BCUT2D eigenvalue weighted by molar-refractivity contribution is 6.11. The first-order chi connectivity index (χ1) is 13.6. The molecule has 1 aliphatic heterocycles. The molecule has 0 radical (unpaired) electrons. The van der Waals surface area contributed by atoms with Crippen LogP contribution in [0.25, 0.3) is 0 Å². The van der Waals surface area contributed by atoms with Crippen LogP contribution in [-0.2, 0) is 20.5 Å². The third-order valence-corrected chi connectivity index (χ3v) is 4.18. The molecule has 0 saturated heterocycles. The van der Waals surface area contributed by atoms with E-state index in [-0.39, 0.29) is 16.9 Å². The summed E-state index contributed by atoms with van der Waals surface area (Å²) < 4.78 is 57.4. The first-order valence-corrected chi connectivity index (χ1v) is 8.36. The normalized spacial score (nSPS) is 14.7. The van der Waals surface area contributed by atoms with Crippen LogP contribution in [0.4, 0.5) is 28.9 Å². The number of nitrogens with one attached hydrogen (secondary N) is 1. The number of hydrogen-bond acceptors (Lipinski definition) is 4. The van der Waals surface area contributed by atoms with Crippen molar-refractivity contribution in [1.82, 2.24) is 0 Å². The number of carbonyl (C=O) groups is 3. The lowest BCUT2D eigenvalue weighted by atomic mass is 10.1. The molecule has 0 spiro atoms. The standard InChI is InChI=1S/C19H14F4N2O4/c1-10(29-18(28)12-4-2-3-5-13(12)20)17(27)25-9-16(26)24-14-8-11(19(21,22)23)6-7-15(14)25/h2-8,10H,9H2,1H3,(H,24,26). The second-order valence-corrected chi connectivity index (χ2v) is 6.23. The summed E-state index contributed by atoms with van der Waals surface area (Å²) >= 11 is 0. The van der Waals surface area contributed by atoms with E-state index in [9.17, 15) is 31.9 Å². The average Bonchev–Trinajstić information content (AvgIpc) is 2.65. The molecule has 2 amide bonds. The quantitative estimate of drug-likeness (QED) is 0.622. The molecule has 1 atom stereocenters. The molecule has 0 aromatic heterocycles. The van der Waals surface area contributed by atoms with Gasteiger partial charge in [0.1, 0.15) is 12.4 Å². The number of esters is 1. The molecule has 3 rings (SSSR count). The highest BCUT2D eigenvalue weighted by Crippen LogP contribution is 2.37. The van der Waals surface area contributed by atoms with Gasteiger partial charge < -0.3 is 10.1 Å². The molecule has 0 saturated carbocycles. The SMILES string of the molecule is CC(OC(=O)c1ccccc1F)C(=O)N1CC(=O)Nc2cc(C(F)(F)F)ccc21. The molecule has 0 aliphatic carbocycles. The molecule has 2 aromatic rings. The monoisotopic (exact) mass is 410 g/mol. The molecule has 10 heteroatoms. The molecule has 6 nitrogen and oxygen atoms in total. The number of amides is 2. The lowest BCUT2D eigenvalue weighted by Gasteiger charge is -2.31. The summed E-state index contributed by atoms with van der Waals surface area (Å²) in [7, 11) is 0. The largest absolute Gasteiger partial charge is 0.449 e. The fourth-order valence-electron chi connectivity index (χ4n) is 2.78. The van der Waals surface area contributed by atoms with Crippen molar-refractivity contribution >= 4 is 29.2 Å². The van der Waals surface area contributed by atoms with Gasteiger partial charge in [0.2, 0.25) is 5.91 Å². The fourth-order valence-corrected chi connectivity index (χ4v) is 2.78. The Labute approximate surface area is 162 Å². The number of halogens is 4. The minimum absolute atomic E-state index is 0.0244. The highest BCUT2D eigenvalue weighted by Gasteiger charge is 2.35. The minimum atomic E-state index is -4.63. The van der Waals surface area contributed by atoms with Crippen LogP contribution < -0.4 is 10.2 Å². The van der Waals surface area contributed by atoms with Crippen LogP contribution in [0.15, 0.2) is 42.5 Å². The molecule has 29 heavy (non-hydrogen) atoms. The number of ether oxygens (including phenoxy) is 1. The molecule has 1 N–H and O–H groups in total. The van der Waals surface area contributed by atoms with Gasteiger partial charge in [-0.05, 0) is 37.3 Å². The van der Waals surface area contributed by atoms with E-state index in [1.165, 1.54) is 25.1 Å². The van der Waals surface area contributed by atoms with Gasteiger partial charge in [-0.15, -0.1) is 0 Å². The maximum absolute atomic E-state index is 13.7. The molecule has 0 fully saturated rings. The van der Waals surface area contributed by atoms with Crippen LogP contribution in [0.3, 0.4) is 0 Å². The van der Waals surface area contributed by atoms with Gasteiger partial charge >= 0.3 is 12.1 Å². The van der Waals surface area contributed by atoms with Crippen molar-refractivity contribution in [2.75, 3.05) is 16.8 Å². The number of alkyl halides is 3. The maximum atomic E-state index is 13.7. The van der Waals surface area contributed by atoms with Crippen molar-refractivity contribution in [1.29, 1.82) is 0 Å². The third kappa shape index (κ3) is 4.20. The van der Waals surface area contributed by atoms with E-state index in [0.29, 0.717) is 6.07 Å². The Morgan fingerprint density at radius 2 is 1.86 bits per heavy atom. The van der Waals surface area contributed by atoms with E-state index >= 15 is 0 Å². The maximum Gasteiger partial charge on any atom is 0.416 e. The molecular formula is C19H14F4N2O4. The van der Waals surface area contributed by atoms with Gasteiger partial charge in [-0.2, -0.15) is 13.2 Å². The van der Waals surface area contributed by atoms with Crippen LogP contribution in [0.1, 0.15) is 22.8 Å². The Morgan fingerprint density at radius 1 is 1.17 bits per heavy atom. The summed E-state index contributed by atoms with van der Waals surface area (Å²) in [5, 5.41) is 2.28. The van der Waals surface area contributed by atoms with Crippen LogP contribution in [0.2, 0.25) is 0 Å². The number of nitrogens with zero attached hydrogens (tertiary/aromatic N) is 1. The summed E-state index contributed by atoms with van der Waals surface area (Å²) in [5.41, 5.74) is -1.54. The predicted octanol–water partition coefficient (Wildman–Crippen LogP) is 3.38. The second-order valence-electron chi connectivity index (χ2n) is 6.23. The van der Waals surface area contributed by atoms with E-state index in [2.05, 4.69) is 5.32 Å². The van der Waals surface area contributed by atoms with E-state index in [4.69, 9.17) is 4.74 Å². The summed E-state index contributed by atoms with van der Waals surface area (Å²) in [5.74, 6) is -3.47. The van der Waals surface area contributed by atoms with E-state index < -0.39 is 48.0 Å². The van der Waals surface area contributed by atoms with Crippen molar-refractivity contribution in [2.45, 2.75) is 19.2 Å². The number of anilines is 2. The van der Waals surface area contributed by atoms with Crippen molar-refractivity contribution < 1.29 is 36.7 Å². The highest BCUT2D eigenvalue weighted by atomic mass is 19.4. The molecule has 2 aromatic carbocycles. The molecule has 0 bridgehead atoms. The van der Waals surface area contributed by atoms with Crippen LogP contribution in [0, 0.1) is 5.82 Å². The van der Waals surface area contributed by atoms with E-state index in [1.54, 1.807) is 0 Å². The van der Waals surface area contributed by atoms with Crippen LogP contribution in [-0.4, -0.2) is 30.4 Å². The Morgan fingerprint density at radius 3 is 2.52 bits per heavy atom. The minimum Gasteiger partial charge on any atom is -0.449 e. The van der Waals surface area contributed by atoms with Gasteiger partial charge in [-0.1, -0.05) is 12.1 Å². The van der Waals surface area contributed by atoms with Crippen molar-refractivity contribution in [2.24, 2.45) is 0 Å². The van der Waals surface area contributed by atoms with Crippen LogP contribution in [0.5, 0.6) is 0 Å². The van der Waals surface area contributed by atoms with Gasteiger partial charge in [0, 0.05) is 0 Å². The molecule has 1 heterocycles. The summed E-state index contributed by atoms with van der Waals surface area (Å²) in [6.45, 7) is 0.746. The van der Waals surface area contributed by atoms with Crippen molar-refractivity contribution in [3.8, 4) is 0 Å². The van der Waals surface area contributed by atoms with E-state index in [0.717, 1.165) is 23.1 Å². The summed E-state index contributed by atoms with van der Waals surface area (Å²) in [6.07, 6.45) is -6.04. The molecule has 1 unspecified atom stereocenters. The fraction of sp³-hybridized carbons (Fsp3) is 0.211. The van der Waals surface area contributed by atoms with E-state index in [1.807, 2.05) is 0 Å². The van der Waals surface area contributed by atoms with Gasteiger partial charge in [-0.3, -0.25) is 14.5 Å². The number of hydrogen-bond donors (Lipinski definition) is 1. The van der Waals surface area contributed by atoms with Gasteiger partial charge in [0.25, 0.3) is 5.91 Å². The first-order valence-electron chi connectivity index (χ1n) is 8.36. The molecule has 152 valence electrons. The van der Waals surface area contributed by atoms with Crippen molar-refractivity contribution in [3.05, 3.63) is 59.4 Å². The zero-order valence-corrected chi connectivity index (χ0v) is 14.9. The number of benzene rings is 2. The third-order valence-electron chi connectivity index (χ3n) is 4.18. The smallest absolute Gasteiger partial charge is 0.416 e. The zero-order valence-electron chi connectivity index (χ0n) is 14.9. The lowest BCUT2D eigenvalue weighted by molar-refractivity contribution is -0.137. The summed E-state index contributed by atoms with van der Waals surface area (Å²) in [6, 6.07) is 7.54. The Kier molecular flexibility index (Phi) is 5.27. The number of carbonyl (C=O) groups excluding carboxylic acids is 3.